The van der Waals surface area contributed by atoms with Crippen LogP contribution < -0.4 is 10.2 Å². The maximum atomic E-state index is 13.4. The molecule has 2 rings (SSSR count). The Bertz CT molecular complexity index is 394. The number of rotatable bonds is 4. The average molecular weight is 228 g/mol. The summed E-state index contributed by atoms with van der Waals surface area (Å²) in [6, 6.07) is 2.31. The summed E-state index contributed by atoms with van der Waals surface area (Å²) in [5, 5.41) is 17.5. The molecule has 16 heavy (non-hydrogen) atoms. The lowest BCUT2D eigenvalue weighted by atomic mass is 9.80. The molecule has 86 valence electrons. The number of hydrogen-bond acceptors (Lipinski definition) is 3. The fourth-order valence-electron chi connectivity index (χ4n) is 1.35. The predicted octanol–water partition coefficient (Wildman–Crippen LogP) is 0.433. The molecule has 0 unspecified atom stereocenters. The topological polar surface area (TPSA) is 49.7 Å². The summed E-state index contributed by atoms with van der Waals surface area (Å²) < 4.78 is 31.7. The van der Waals surface area contributed by atoms with Crippen molar-refractivity contribution in [2.45, 2.75) is 12.8 Å². The molecule has 1 aliphatic carbocycles. The minimum atomic E-state index is -2.02. The maximum absolute atomic E-state index is 13.4. The van der Waals surface area contributed by atoms with Gasteiger partial charge in [-0.1, -0.05) is 6.07 Å². The van der Waals surface area contributed by atoms with Crippen molar-refractivity contribution in [1.29, 1.82) is 0 Å². The van der Waals surface area contributed by atoms with Gasteiger partial charge in [-0.3, -0.25) is 0 Å². The van der Waals surface area contributed by atoms with E-state index in [4.69, 9.17) is 14.8 Å². The van der Waals surface area contributed by atoms with Crippen molar-refractivity contribution >= 4 is 12.6 Å². The molecular weight excluding hydrogens is 217 g/mol. The summed E-state index contributed by atoms with van der Waals surface area (Å²) in [4.78, 5) is 0. The van der Waals surface area contributed by atoms with Gasteiger partial charge < -0.3 is 14.8 Å². The zero-order valence-electron chi connectivity index (χ0n) is 8.49. The van der Waals surface area contributed by atoms with Crippen molar-refractivity contribution in [3.05, 3.63) is 23.8 Å². The molecule has 1 aliphatic rings. The molecule has 2 N–H and O–H groups in total. The highest BCUT2D eigenvalue weighted by Crippen LogP contribution is 2.30. The molecule has 0 radical (unpaired) electrons. The normalized spacial score (nSPS) is 15.0. The standard InChI is InChI=1S/C10H11BF2O3/c12-9-7(11(14)15)3-4-8(10(9)13)16-5-6-1-2-6/h3-4,6,14-15H,1-2,5H2. The number of hydrogen-bond donors (Lipinski definition) is 2. The summed E-state index contributed by atoms with van der Waals surface area (Å²) in [5.41, 5.74) is -0.490. The molecule has 3 nitrogen and oxygen atoms in total. The molecule has 0 amide bonds. The zero-order chi connectivity index (χ0) is 11.7. The smallest absolute Gasteiger partial charge is 0.490 e. The van der Waals surface area contributed by atoms with Crippen LogP contribution in [0.2, 0.25) is 0 Å². The highest BCUT2D eigenvalue weighted by molar-refractivity contribution is 6.58. The third-order valence-corrected chi connectivity index (χ3v) is 2.53. The van der Waals surface area contributed by atoms with Crippen molar-refractivity contribution in [3.63, 3.8) is 0 Å². The third-order valence-electron chi connectivity index (χ3n) is 2.53. The second-order valence-corrected chi connectivity index (χ2v) is 3.91. The van der Waals surface area contributed by atoms with Gasteiger partial charge in [-0.2, -0.15) is 4.39 Å². The first-order chi connectivity index (χ1) is 7.59. The van der Waals surface area contributed by atoms with Crippen molar-refractivity contribution in [2.75, 3.05) is 6.61 Å². The van der Waals surface area contributed by atoms with E-state index in [1.807, 2.05) is 0 Å². The van der Waals surface area contributed by atoms with Crippen LogP contribution in [-0.4, -0.2) is 23.8 Å². The zero-order valence-corrected chi connectivity index (χ0v) is 8.49. The third kappa shape index (κ3) is 2.33. The summed E-state index contributed by atoms with van der Waals surface area (Å²) in [6.07, 6.45) is 2.11. The Labute approximate surface area is 91.8 Å². The van der Waals surface area contributed by atoms with Gasteiger partial charge in [0, 0.05) is 5.46 Å². The van der Waals surface area contributed by atoms with Crippen LogP contribution in [0.15, 0.2) is 12.1 Å². The molecular formula is C10H11BF2O3. The molecule has 1 aromatic carbocycles. The van der Waals surface area contributed by atoms with E-state index in [0.29, 0.717) is 12.5 Å². The Morgan fingerprint density at radius 1 is 1.25 bits per heavy atom. The van der Waals surface area contributed by atoms with Crippen LogP contribution in [0.25, 0.3) is 0 Å². The van der Waals surface area contributed by atoms with Crippen LogP contribution in [0.4, 0.5) is 8.78 Å². The van der Waals surface area contributed by atoms with Gasteiger partial charge in [0.25, 0.3) is 0 Å². The second kappa shape index (κ2) is 4.39. The molecule has 6 heteroatoms. The molecule has 0 spiro atoms. The van der Waals surface area contributed by atoms with E-state index < -0.39 is 24.2 Å². The molecule has 0 bridgehead atoms. The molecule has 0 aliphatic heterocycles. The van der Waals surface area contributed by atoms with Gasteiger partial charge in [0.15, 0.2) is 17.4 Å². The number of halogens is 2. The molecule has 0 aromatic heterocycles. The van der Waals surface area contributed by atoms with E-state index in [1.165, 1.54) is 6.07 Å². The molecule has 0 heterocycles. The Kier molecular flexibility index (Phi) is 3.11. The lowest BCUT2D eigenvalue weighted by Gasteiger charge is -2.09. The minimum Gasteiger partial charge on any atom is -0.490 e. The lowest BCUT2D eigenvalue weighted by molar-refractivity contribution is 0.280. The van der Waals surface area contributed by atoms with Gasteiger partial charge in [0.05, 0.1) is 6.61 Å². The van der Waals surface area contributed by atoms with E-state index in [-0.39, 0.29) is 5.75 Å². The van der Waals surface area contributed by atoms with Crippen LogP contribution in [-0.2, 0) is 0 Å². The van der Waals surface area contributed by atoms with Gasteiger partial charge >= 0.3 is 7.12 Å². The Morgan fingerprint density at radius 2 is 1.94 bits per heavy atom. The largest absolute Gasteiger partial charge is 0.491 e. The van der Waals surface area contributed by atoms with Gasteiger partial charge in [0.1, 0.15) is 0 Å². The van der Waals surface area contributed by atoms with Crippen molar-refractivity contribution in [3.8, 4) is 5.75 Å². The maximum Gasteiger partial charge on any atom is 0.491 e. The number of ether oxygens (including phenoxy) is 1. The van der Waals surface area contributed by atoms with E-state index in [1.54, 1.807) is 0 Å². The van der Waals surface area contributed by atoms with E-state index in [2.05, 4.69) is 0 Å². The Hall–Kier alpha value is -1.14. The first kappa shape index (κ1) is 11.4. The summed E-state index contributed by atoms with van der Waals surface area (Å²) in [6.45, 7) is 0.372. The Balaban J connectivity index is 2.16. The van der Waals surface area contributed by atoms with Gasteiger partial charge in [-0.05, 0) is 24.8 Å². The first-order valence-electron chi connectivity index (χ1n) is 5.06. The minimum absolute atomic E-state index is 0.186. The SMILES string of the molecule is OB(O)c1ccc(OCC2CC2)c(F)c1F. The quantitative estimate of drug-likeness (QED) is 0.735. The van der Waals surface area contributed by atoms with Crippen LogP contribution in [0, 0.1) is 17.6 Å². The highest BCUT2D eigenvalue weighted by atomic mass is 19.2. The van der Waals surface area contributed by atoms with Crippen LogP contribution in [0.3, 0.4) is 0 Å². The number of benzene rings is 1. The molecule has 1 aromatic rings. The van der Waals surface area contributed by atoms with Gasteiger partial charge in [0.2, 0.25) is 0 Å². The summed E-state index contributed by atoms with van der Waals surface area (Å²) in [5.74, 6) is -2.20. The van der Waals surface area contributed by atoms with Gasteiger partial charge in [-0.15, -0.1) is 0 Å². The molecule has 0 atom stereocenters. The summed E-state index contributed by atoms with van der Waals surface area (Å²) in [7, 11) is -2.02. The van der Waals surface area contributed by atoms with Crippen molar-refractivity contribution in [1.82, 2.24) is 0 Å². The fourth-order valence-corrected chi connectivity index (χ4v) is 1.35. The molecule has 1 fully saturated rings. The molecule has 1 saturated carbocycles. The van der Waals surface area contributed by atoms with Crippen molar-refractivity contribution < 1.29 is 23.6 Å². The van der Waals surface area contributed by atoms with E-state index in [9.17, 15) is 8.78 Å². The van der Waals surface area contributed by atoms with Gasteiger partial charge in [-0.25, -0.2) is 4.39 Å². The fraction of sp³-hybridized carbons (Fsp3) is 0.400. The average Bonchev–Trinajstić information content (AvgIpc) is 3.03. The first-order valence-corrected chi connectivity index (χ1v) is 5.06. The van der Waals surface area contributed by atoms with E-state index >= 15 is 0 Å². The predicted molar refractivity (Wildman–Crippen MR) is 54.4 cm³/mol. The highest BCUT2D eigenvalue weighted by Gasteiger charge is 2.25. The summed E-state index contributed by atoms with van der Waals surface area (Å²) >= 11 is 0. The Morgan fingerprint density at radius 3 is 2.50 bits per heavy atom. The van der Waals surface area contributed by atoms with Crippen LogP contribution in [0.1, 0.15) is 12.8 Å². The lowest BCUT2D eigenvalue weighted by Crippen LogP contribution is -2.33. The van der Waals surface area contributed by atoms with Crippen molar-refractivity contribution in [2.24, 2.45) is 5.92 Å². The van der Waals surface area contributed by atoms with Crippen LogP contribution >= 0.6 is 0 Å². The molecule has 0 saturated heterocycles. The van der Waals surface area contributed by atoms with Crippen LogP contribution in [0.5, 0.6) is 5.75 Å². The monoisotopic (exact) mass is 228 g/mol. The van der Waals surface area contributed by atoms with E-state index in [0.717, 1.165) is 18.9 Å². The second-order valence-electron chi connectivity index (χ2n) is 3.91.